The molecule has 0 aliphatic rings. The Kier molecular flexibility index (Phi) is 2.31. The summed E-state index contributed by atoms with van der Waals surface area (Å²) in [5.41, 5.74) is 10.4. The van der Waals surface area contributed by atoms with Crippen molar-refractivity contribution >= 4 is 24.7 Å². The summed E-state index contributed by atoms with van der Waals surface area (Å²) in [6, 6.07) is 1.93. The van der Waals surface area contributed by atoms with Gasteiger partial charge in [-0.1, -0.05) is 11.5 Å². The number of aryl methyl sites for hydroxylation is 1. The molecule has 0 aliphatic carbocycles. The summed E-state index contributed by atoms with van der Waals surface area (Å²) in [6.07, 6.45) is 0. The van der Waals surface area contributed by atoms with Crippen LogP contribution in [0.15, 0.2) is 6.07 Å². The van der Waals surface area contributed by atoms with Crippen LogP contribution in [0.5, 0.6) is 0 Å². The first-order chi connectivity index (χ1) is 5.57. The first-order valence-corrected chi connectivity index (χ1v) is 3.90. The molecule has 1 aromatic carbocycles. The van der Waals surface area contributed by atoms with Crippen LogP contribution in [-0.4, -0.2) is 14.9 Å². The number of benzene rings is 1. The molecule has 62 valence electrons. The van der Waals surface area contributed by atoms with Gasteiger partial charge in [0.15, 0.2) is 0 Å². The Labute approximate surface area is 74.6 Å². The molecule has 0 fully saturated rings. The van der Waals surface area contributed by atoms with Crippen LogP contribution in [0.3, 0.4) is 0 Å². The molecule has 0 heterocycles. The number of hydrogen-bond donors (Lipinski definition) is 2. The minimum Gasteiger partial charge on any atom is -0.397 e. The number of anilines is 2. The zero-order chi connectivity index (χ0) is 9.30. The Balaban J connectivity index is 3.40. The molecule has 0 aliphatic heterocycles. The summed E-state index contributed by atoms with van der Waals surface area (Å²) in [6.45, 7) is 3.91. The lowest BCUT2D eigenvalue weighted by Gasteiger charge is -2.13. The number of nitrogens with one attached hydrogen (secondary N) is 1. The molecule has 1 rings (SSSR count). The van der Waals surface area contributed by atoms with Gasteiger partial charge < -0.3 is 11.1 Å². The first-order valence-electron chi connectivity index (χ1n) is 3.90. The van der Waals surface area contributed by atoms with Crippen LogP contribution in [0.2, 0.25) is 0 Å². The van der Waals surface area contributed by atoms with Gasteiger partial charge in [-0.25, -0.2) is 0 Å². The molecule has 0 aromatic heterocycles. The molecule has 12 heavy (non-hydrogen) atoms. The zero-order valence-corrected chi connectivity index (χ0v) is 7.73. The molecule has 0 bridgehead atoms. The van der Waals surface area contributed by atoms with Crippen molar-refractivity contribution in [3.8, 4) is 0 Å². The molecular formula is C9H13BN2. The SMILES string of the molecule is [B]c1cc(C)c(NC)c(N)c1C. The number of hydrogen-bond acceptors (Lipinski definition) is 2. The molecule has 1 aromatic rings. The quantitative estimate of drug-likeness (QED) is 0.469. The van der Waals surface area contributed by atoms with Crippen molar-refractivity contribution in [1.82, 2.24) is 0 Å². The largest absolute Gasteiger partial charge is 0.397 e. The van der Waals surface area contributed by atoms with Gasteiger partial charge in [0.1, 0.15) is 7.85 Å². The highest BCUT2D eigenvalue weighted by atomic mass is 14.9. The number of rotatable bonds is 1. The van der Waals surface area contributed by atoms with Crippen molar-refractivity contribution in [3.05, 3.63) is 17.2 Å². The zero-order valence-electron chi connectivity index (χ0n) is 7.73. The van der Waals surface area contributed by atoms with Crippen molar-refractivity contribution in [3.63, 3.8) is 0 Å². The third-order valence-corrected chi connectivity index (χ3v) is 2.12. The van der Waals surface area contributed by atoms with E-state index in [1.807, 2.05) is 27.0 Å². The van der Waals surface area contributed by atoms with E-state index < -0.39 is 0 Å². The second-order valence-electron chi connectivity index (χ2n) is 2.95. The van der Waals surface area contributed by atoms with Gasteiger partial charge >= 0.3 is 0 Å². The molecule has 0 saturated heterocycles. The van der Waals surface area contributed by atoms with Crippen molar-refractivity contribution in [1.29, 1.82) is 0 Å². The average molecular weight is 160 g/mol. The molecular weight excluding hydrogens is 147 g/mol. The van der Waals surface area contributed by atoms with Gasteiger partial charge in [0.2, 0.25) is 0 Å². The van der Waals surface area contributed by atoms with E-state index in [9.17, 15) is 0 Å². The molecule has 0 spiro atoms. The van der Waals surface area contributed by atoms with Crippen LogP contribution in [0, 0.1) is 13.8 Å². The minimum atomic E-state index is 0.745. The van der Waals surface area contributed by atoms with Crippen LogP contribution >= 0.6 is 0 Å². The van der Waals surface area contributed by atoms with Gasteiger partial charge in [-0.15, -0.1) is 0 Å². The predicted octanol–water partition coefficient (Wildman–Crippen LogP) is 0.721. The number of nitrogen functional groups attached to an aromatic ring is 1. The van der Waals surface area contributed by atoms with E-state index in [2.05, 4.69) is 5.32 Å². The second kappa shape index (κ2) is 3.09. The van der Waals surface area contributed by atoms with Gasteiger partial charge in [0, 0.05) is 7.05 Å². The highest BCUT2D eigenvalue weighted by Gasteiger charge is 2.05. The van der Waals surface area contributed by atoms with E-state index >= 15 is 0 Å². The maximum Gasteiger partial charge on any atom is 0.114 e. The van der Waals surface area contributed by atoms with Gasteiger partial charge in [-0.3, -0.25) is 0 Å². The van der Waals surface area contributed by atoms with E-state index in [0.29, 0.717) is 0 Å². The Morgan fingerprint density at radius 1 is 1.42 bits per heavy atom. The van der Waals surface area contributed by atoms with Crippen LogP contribution in [0.1, 0.15) is 11.1 Å². The maximum absolute atomic E-state index is 5.85. The summed E-state index contributed by atoms with van der Waals surface area (Å²) >= 11 is 0. The lowest BCUT2D eigenvalue weighted by atomic mass is 9.88. The average Bonchev–Trinajstić information content (AvgIpc) is 2.01. The summed E-state index contributed by atoms with van der Waals surface area (Å²) in [4.78, 5) is 0. The predicted molar refractivity (Wildman–Crippen MR) is 55.3 cm³/mol. The van der Waals surface area contributed by atoms with Gasteiger partial charge in [0.25, 0.3) is 0 Å². The summed E-state index contributed by atoms with van der Waals surface area (Å²) < 4.78 is 0. The molecule has 3 heteroatoms. The van der Waals surface area contributed by atoms with Gasteiger partial charge in [-0.05, 0) is 25.0 Å². The summed E-state index contributed by atoms with van der Waals surface area (Å²) in [7, 11) is 7.59. The van der Waals surface area contributed by atoms with E-state index in [1.165, 1.54) is 0 Å². The molecule has 0 atom stereocenters. The summed E-state index contributed by atoms with van der Waals surface area (Å²) in [5.74, 6) is 0. The molecule has 2 nitrogen and oxygen atoms in total. The Hall–Kier alpha value is -1.12. The molecule has 0 saturated carbocycles. The van der Waals surface area contributed by atoms with Gasteiger partial charge in [-0.2, -0.15) is 0 Å². The van der Waals surface area contributed by atoms with Crippen LogP contribution in [-0.2, 0) is 0 Å². The van der Waals surface area contributed by atoms with E-state index in [-0.39, 0.29) is 0 Å². The standard InChI is InChI=1S/C9H13BN2/c1-5-4-7(10)6(2)8(11)9(5)12-3/h4,12H,11H2,1-3H3. The second-order valence-corrected chi connectivity index (χ2v) is 2.95. The smallest absolute Gasteiger partial charge is 0.114 e. The number of nitrogens with two attached hydrogens (primary N) is 1. The Bertz CT molecular complexity index is 308. The minimum absolute atomic E-state index is 0.745. The Morgan fingerprint density at radius 2 is 2.00 bits per heavy atom. The van der Waals surface area contributed by atoms with Crippen LogP contribution in [0.25, 0.3) is 0 Å². The fourth-order valence-electron chi connectivity index (χ4n) is 1.30. The van der Waals surface area contributed by atoms with Crippen LogP contribution in [0.4, 0.5) is 11.4 Å². The van der Waals surface area contributed by atoms with E-state index in [1.54, 1.807) is 0 Å². The van der Waals surface area contributed by atoms with Crippen LogP contribution < -0.4 is 16.5 Å². The third-order valence-electron chi connectivity index (χ3n) is 2.12. The monoisotopic (exact) mass is 160 g/mol. The molecule has 0 amide bonds. The van der Waals surface area contributed by atoms with E-state index in [0.717, 1.165) is 28.0 Å². The van der Waals surface area contributed by atoms with E-state index in [4.69, 9.17) is 13.6 Å². The lowest BCUT2D eigenvalue weighted by Crippen LogP contribution is -2.13. The Morgan fingerprint density at radius 3 is 2.50 bits per heavy atom. The maximum atomic E-state index is 5.85. The molecule has 0 unspecified atom stereocenters. The van der Waals surface area contributed by atoms with Crippen molar-refractivity contribution in [2.24, 2.45) is 0 Å². The first kappa shape index (κ1) is 8.98. The topological polar surface area (TPSA) is 38.0 Å². The lowest BCUT2D eigenvalue weighted by molar-refractivity contribution is 1.38. The normalized spacial score (nSPS) is 9.92. The van der Waals surface area contributed by atoms with Crippen molar-refractivity contribution < 1.29 is 0 Å². The van der Waals surface area contributed by atoms with Crippen molar-refractivity contribution in [2.45, 2.75) is 13.8 Å². The molecule has 3 N–H and O–H groups in total. The fourth-order valence-corrected chi connectivity index (χ4v) is 1.30. The summed E-state index contributed by atoms with van der Waals surface area (Å²) in [5, 5.41) is 3.05. The van der Waals surface area contributed by atoms with Gasteiger partial charge in [0.05, 0.1) is 11.4 Å². The highest BCUT2D eigenvalue weighted by molar-refractivity contribution is 6.34. The third kappa shape index (κ3) is 1.27. The molecule has 2 radical (unpaired) electrons. The fraction of sp³-hybridized carbons (Fsp3) is 0.333. The highest BCUT2D eigenvalue weighted by Crippen LogP contribution is 2.23. The van der Waals surface area contributed by atoms with Crippen molar-refractivity contribution in [2.75, 3.05) is 18.1 Å².